The molecule has 0 unspecified atom stereocenters. The van der Waals surface area contributed by atoms with Crippen LogP contribution in [0.2, 0.25) is 5.02 Å². The molecule has 1 aromatic heterocycles. The number of aromatic nitrogens is 2. The monoisotopic (exact) mass is 344 g/mol. The highest BCUT2D eigenvalue weighted by Crippen LogP contribution is 2.24. The summed E-state index contributed by atoms with van der Waals surface area (Å²) in [5.41, 5.74) is 0.830. The fourth-order valence-electron chi connectivity index (χ4n) is 1.87. The summed E-state index contributed by atoms with van der Waals surface area (Å²) in [6.45, 7) is -1.45. The highest BCUT2D eigenvalue weighted by Gasteiger charge is 2.27. The van der Waals surface area contributed by atoms with Crippen LogP contribution in [0, 0.1) is 5.82 Å². The van der Waals surface area contributed by atoms with Crippen LogP contribution in [0.15, 0.2) is 12.1 Å². The first kappa shape index (κ1) is 16.3. The SMILES string of the molecule is Fc1cc2c(cc1Cl)nc(CCl)n2CCOCC(F)(F)F. The van der Waals surface area contributed by atoms with Crippen LogP contribution < -0.4 is 0 Å². The summed E-state index contributed by atoms with van der Waals surface area (Å²) in [6, 6.07) is 2.51. The largest absolute Gasteiger partial charge is 0.411 e. The van der Waals surface area contributed by atoms with E-state index in [1.54, 1.807) is 0 Å². The third-order valence-corrected chi connectivity index (χ3v) is 3.24. The quantitative estimate of drug-likeness (QED) is 0.463. The van der Waals surface area contributed by atoms with Crippen molar-refractivity contribution in [2.75, 3.05) is 13.2 Å². The summed E-state index contributed by atoms with van der Waals surface area (Å²) in [7, 11) is 0. The van der Waals surface area contributed by atoms with Crippen molar-refractivity contribution in [3.63, 3.8) is 0 Å². The number of fused-ring (bicyclic) bond motifs is 1. The van der Waals surface area contributed by atoms with Gasteiger partial charge in [0.1, 0.15) is 18.2 Å². The van der Waals surface area contributed by atoms with Crippen molar-refractivity contribution in [3.8, 4) is 0 Å². The van der Waals surface area contributed by atoms with E-state index in [1.165, 1.54) is 16.7 Å². The van der Waals surface area contributed by atoms with Crippen LogP contribution in [0.5, 0.6) is 0 Å². The first-order valence-corrected chi connectivity index (χ1v) is 6.77. The van der Waals surface area contributed by atoms with Gasteiger partial charge in [-0.15, -0.1) is 11.6 Å². The van der Waals surface area contributed by atoms with Crippen LogP contribution in [0.1, 0.15) is 5.82 Å². The van der Waals surface area contributed by atoms with Crippen LogP contribution in [0.3, 0.4) is 0 Å². The van der Waals surface area contributed by atoms with Crippen molar-refractivity contribution in [2.24, 2.45) is 0 Å². The molecule has 0 saturated heterocycles. The predicted octanol–water partition coefficient (Wildman–Crippen LogP) is 4.15. The third-order valence-electron chi connectivity index (χ3n) is 2.71. The Morgan fingerprint density at radius 3 is 2.62 bits per heavy atom. The molecule has 1 aromatic carbocycles. The molecule has 0 atom stereocenters. The maximum absolute atomic E-state index is 13.5. The summed E-state index contributed by atoms with van der Waals surface area (Å²) in [4.78, 5) is 4.16. The Morgan fingerprint density at radius 1 is 1.29 bits per heavy atom. The third kappa shape index (κ3) is 3.99. The normalized spacial score (nSPS) is 12.3. The number of hydrogen-bond donors (Lipinski definition) is 0. The summed E-state index contributed by atoms with van der Waals surface area (Å²) in [5, 5.41) is -0.0819. The minimum atomic E-state index is -4.38. The van der Waals surface area contributed by atoms with Gasteiger partial charge in [0.2, 0.25) is 0 Å². The molecule has 0 spiro atoms. The average Bonchev–Trinajstić information content (AvgIpc) is 2.71. The average molecular weight is 345 g/mol. The van der Waals surface area contributed by atoms with Crippen molar-refractivity contribution in [3.05, 3.63) is 28.8 Å². The molecular weight excluding hydrogens is 335 g/mol. The zero-order chi connectivity index (χ0) is 15.6. The van der Waals surface area contributed by atoms with Crippen molar-refractivity contribution >= 4 is 34.2 Å². The molecule has 1 heterocycles. The van der Waals surface area contributed by atoms with Gasteiger partial charge in [-0.25, -0.2) is 9.37 Å². The van der Waals surface area contributed by atoms with Gasteiger partial charge in [0, 0.05) is 12.6 Å². The first-order valence-electron chi connectivity index (χ1n) is 5.86. The van der Waals surface area contributed by atoms with Gasteiger partial charge in [-0.3, -0.25) is 0 Å². The Hall–Kier alpha value is -1.05. The molecule has 0 bridgehead atoms. The lowest BCUT2D eigenvalue weighted by Gasteiger charge is -2.10. The Kier molecular flexibility index (Phi) is 4.95. The minimum absolute atomic E-state index is 0.0349. The standard InChI is InChI=1S/C12H10Cl2F4N2O/c13-5-11-19-9-3-7(14)8(15)4-10(9)20(11)1-2-21-6-12(16,17)18/h3-4H,1-2,5-6H2. The summed E-state index contributed by atoms with van der Waals surface area (Å²) in [6.07, 6.45) is -4.38. The van der Waals surface area contributed by atoms with E-state index in [1.807, 2.05) is 0 Å². The molecule has 0 fully saturated rings. The summed E-state index contributed by atoms with van der Waals surface area (Å²) in [5.74, 6) is -0.195. The fourth-order valence-corrected chi connectivity index (χ4v) is 2.23. The van der Waals surface area contributed by atoms with E-state index in [-0.39, 0.29) is 24.1 Å². The molecule has 21 heavy (non-hydrogen) atoms. The molecule has 9 heteroatoms. The van der Waals surface area contributed by atoms with Gasteiger partial charge in [-0.1, -0.05) is 11.6 Å². The van der Waals surface area contributed by atoms with E-state index in [0.29, 0.717) is 16.9 Å². The smallest absolute Gasteiger partial charge is 0.370 e. The number of alkyl halides is 4. The molecule has 2 rings (SSSR count). The van der Waals surface area contributed by atoms with Crippen molar-refractivity contribution in [1.29, 1.82) is 0 Å². The van der Waals surface area contributed by atoms with Gasteiger partial charge in [0.25, 0.3) is 0 Å². The topological polar surface area (TPSA) is 27.1 Å². The molecular formula is C12H10Cl2F4N2O. The number of rotatable bonds is 5. The molecule has 0 radical (unpaired) electrons. The van der Waals surface area contributed by atoms with E-state index in [9.17, 15) is 17.6 Å². The minimum Gasteiger partial charge on any atom is -0.370 e. The van der Waals surface area contributed by atoms with Gasteiger partial charge in [-0.05, 0) is 6.07 Å². The van der Waals surface area contributed by atoms with E-state index in [2.05, 4.69) is 9.72 Å². The molecule has 0 amide bonds. The number of ether oxygens (including phenoxy) is 1. The first-order chi connectivity index (χ1) is 9.81. The van der Waals surface area contributed by atoms with Gasteiger partial charge < -0.3 is 9.30 Å². The fraction of sp³-hybridized carbons (Fsp3) is 0.417. The zero-order valence-electron chi connectivity index (χ0n) is 10.6. The highest BCUT2D eigenvalue weighted by atomic mass is 35.5. The lowest BCUT2D eigenvalue weighted by Crippen LogP contribution is -2.19. The van der Waals surface area contributed by atoms with Gasteiger partial charge >= 0.3 is 6.18 Å². The molecule has 116 valence electrons. The van der Waals surface area contributed by atoms with Crippen LogP contribution in [0.25, 0.3) is 11.0 Å². The van der Waals surface area contributed by atoms with Crippen LogP contribution in [0.4, 0.5) is 17.6 Å². The van der Waals surface area contributed by atoms with E-state index >= 15 is 0 Å². The van der Waals surface area contributed by atoms with Gasteiger partial charge in [0.05, 0.1) is 28.5 Å². The van der Waals surface area contributed by atoms with Crippen LogP contribution in [-0.2, 0) is 17.2 Å². The molecule has 0 N–H and O–H groups in total. The molecule has 0 aliphatic carbocycles. The van der Waals surface area contributed by atoms with Crippen molar-refractivity contribution in [2.45, 2.75) is 18.6 Å². The van der Waals surface area contributed by atoms with Crippen molar-refractivity contribution < 1.29 is 22.3 Å². The number of imidazole rings is 1. The lowest BCUT2D eigenvalue weighted by molar-refractivity contribution is -0.174. The highest BCUT2D eigenvalue weighted by molar-refractivity contribution is 6.31. The van der Waals surface area contributed by atoms with Crippen LogP contribution in [-0.4, -0.2) is 28.9 Å². The number of nitrogens with zero attached hydrogens (tertiary/aromatic N) is 2. The summed E-state index contributed by atoms with van der Waals surface area (Å²) < 4.78 is 55.5. The second-order valence-corrected chi connectivity index (χ2v) is 4.91. The maximum atomic E-state index is 13.5. The van der Waals surface area contributed by atoms with Crippen molar-refractivity contribution in [1.82, 2.24) is 9.55 Å². The Morgan fingerprint density at radius 2 is 2.00 bits per heavy atom. The Balaban J connectivity index is 2.19. The van der Waals surface area contributed by atoms with E-state index < -0.39 is 18.6 Å². The Bertz CT molecular complexity index is 642. The van der Waals surface area contributed by atoms with E-state index in [0.717, 1.165) is 0 Å². The molecule has 3 nitrogen and oxygen atoms in total. The van der Waals surface area contributed by atoms with E-state index in [4.69, 9.17) is 23.2 Å². The number of halogens is 6. The van der Waals surface area contributed by atoms with Crippen LogP contribution >= 0.6 is 23.2 Å². The van der Waals surface area contributed by atoms with Gasteiger partial charge in [-0.2, -0.15) is 13.2 Å². The molecule has 0 aliphatic rings. The second kappa shape index (κ2) is 6.37. The number of hydrogen-bond acceptors (Lipinski definition) is 2. The molecule has 2 aromatic rings. The lowest BCUT2D eigenvalue weighted by atomic mass is 10.3. The zero-order valence-corrected chi connectivity index (χ0v) is 12.1. The molecule has 0 aliphatic heterocycles. The Labute approximate surface area is 127 Å². The number of benzene rings is 1. The second-order valence-electron chi connectivity index (χ2n) is 4.24. The predicted molar refractivity (Wildman–Crippen MR) is 71.1 cm³/mol. The van der Waals surface area contributed by atoms with Gasteiger partial charge in [0.15, 0.2) is 0 Å². The maximum Gasteiger partial charge on any atom is 0.411 e. The molecule has 0 saturated carbocycles. The summed E-state index contributed by atoms with van der Waals surface area (Å²) >= 11 is 11.4.